The summed E-state index contributed by atoms with van der Waals surface area (Å²) in [5, 5.41) is 37.6. The first kappa shape index (κ1) is 13.8. The van der Waals surface area contributed by atoms with Gasteiger partial charge in [0, 0.05) is 0 Å². The molecule has 16 heavy (non-hydrogen) atoms. The zero-order chi connectivity index (χ0) is 12.5. The lowest BCUT2D eigenvalue weighted by atomic mass is 9.99. The number of rotatable bonds is 2. The van der Waals surface area contributed by atoms with E-state index >= 15 is 0 Å². The van der Waals surface area contributed by atoms with E-state index in [0.717, 1.165) is 0 Å². The largest absolute Gasteiger partial charge is 0.394 e. The van der Waals surface area contributed by atoms with E-state index in [0.29, 0.717) is 0 Å². The molecule has 96 valence electrons. The summed E-state index contributed by atoms with van der Waals surface area (Å²) in [6, 6.07) is 0. The summed E-state index contributed by atoms with van der Waals surface area (Å²) in [7, 11) is 0. The van der Waals surface area contributed by atoms with Crippen LogP contribution in [0.5, 0.6) is 0 Å². The lowest BCUT2D eigenvalue weighted by Gasteiger charge is -2.41. The fraction of sp³-hybridized carbons (Fsp3) is 1.00. The Hall–Kier alpha value is -0.240. The molecular weight excluding hydrogens is 216 g/mol. The van der Waals surface area contributed by atoms with Crippen LogP contribution in [0.2, 0.25) is 0 Å². The van der Waals surface area contributed by atoms with Crippen molar-refractivity contribution in [2.75, 3.05) is 6.61 Å². The van der Waals surface area contributed by atoms with Crippen molar-refractivity contribution in [3.05, 3.63) is 0 Å². The zero-order valence-corrected chi connectivity index (χ0v) is 9.70. The van der Waals surface area contributed by atoms with Gasteiger partial charge in [0.2, 0.25) is 0 Å². The second-order valence-electron chi connectivity index (χ2n) is 4.93. The highest BCUT2D eigenvalue weighted by molar-refractivity contribution is 4.89. The molecule has 0 unspecified atom stereocenters. The molecule has 0 bridgehead atoms. The van der Waals surface area contributed by atoms with Gasteiger partial charge in [0.05, 0.1) is 12.2 Å². The molecule has 1 fully saturated rings. The maximum absolute atomic E-state index is 9.64. The zero-order valence-electron chi connectivity index (χ0n) is 9.70. The van der Waals surface area contributed by atoms with Gasteiger partial charge in [-0.15, -0.1) is 0 Å². The van der Waals surface area contributed by atoms with E-state index < -0.39 is 42.9 Å². The van der Waals surface area contributed by atoms with Gasteiger partial charge in [0.15, 0.2) is 6.29 Å². The smallest absolute Gasteiger partial charge is 0.187 e. The Kier molecular flexibility index (Phi) is 4.28. The first-order chi connectivity index (χ1) is 7.26. The first-order valence-electron chi connectivity index (χ1n) is 5.24. The van der Waals surface area contributed by atoms with Crippen LogP contribution in [0.25, 0.3) is 0 Å². The van der Waals surface area contributed by atoms with Gasteiger partial charge in [-0.3, -0.25) is 0 Å². The Balaban J connectivity index is 2.71. The monoisotopic (exact) mass is 236 g/mol. The molecule has 1 saturated heterocycles. The molecule has 0 aromatic carbocycles. The molecule has 1 aliphatic heterocycles. The van der Waals surface area contributed by atoms with Crippen LogP contribution in [0.4, 0.5) is 0 Å². The molecule has 1 aliphatic rings. The van der Waals surface area contributed by atoms with E-state index in [1.54, 1.807) is 20.8 Å². The van der Waals surface area contributed by atoms with E-state index in [-0.39, 0.29) is 0 Å². The lowest BCUT2D eigenvalue weighted by molar-refractivity contribution is -0.320. The highest BCUT2D eigenvalue weighted by Gasteiger charge is 2.45. The molecule has 1 heterocycles. The molecule has 0 saturated carbocycles. The summed E-state index contributed by atoms with van der Waals surface area (Å²) in [6.07, 6.45) is -6.06. The molecule has 0 radical (unpaired) electrons. The normalized spacial score (nSPS) is 41.1. The van der Waals surface area contributed by atoms with Crippen LogP contribution in [0.1, 0.15) is 20.8 Å². The summed E-state index contributed by atoms with van der Waals surface area (Å²) in [5.41, 5.74) is -0.562. The molecule has 6 nitrogen and oxygen atoms in total. The maximum atomic E-state index is 9.64. The minimum Gasteiger partial charge on any atom is -0.394 e. The van der Waals surface area contributed by atoms with Crippen LogP contribution >= 0.6 is 0 Å². The molecule has 0 aromatic rings. The van der Waals surface area contributed by atoms with Crippen molar-refractivity contribution in [1.29, 1.82) is 0 Å². The molecule has 0 aliphatic carbocycles. The Morgan fingerprint density at radius 3 is 2.06 bits per heavy atom. The molecule has 4 N–H and O–H groups in total. The van der Waals surface area contributed by atoms with Gasteiger partial charge < -0.3 is 29.9 Å². The summed E-state index contributed by atoms with van der Waals surface area (Å²) >= 11 is 0. The van der Waals surface area contributed by atoms with Gasteiger partial charge >= 0.3 is 0 Å². The van der Waals surface area contributed by atoms with Crippen LogP contribution < -0.4 is 0 Å². The van der Waals surface area contributed by atoms with Crippen molar-refractivity contribution in [3.63, 3.8) is 0 Å². The number of aliphatic hydroxyl groups excluding tert-OH is 4. The fourth-order valence-electron chi connectivity index (χ4n) is 1.51. The van der Waals surface area contributed by atoms with E-state index in [4.69, 9.17) is 14.6 Å². The Morgan fingerprint density at radius 2 is 1.62 bits per heavy atom. The summed E-state index contributed by atoms with van der Waals surface area (Å²) in [5.74, 6) is 0. The quantitative estimate of drug-likeness (QED) is 0.471. The van der Waals surface area contributed by atoms with Gasteiger partial charge in [0.25, 0.3) is 0 Å². The van der Waals surface area contributed by atoms with E-state index in [2.05, 4.69) is 0 Å². The molecular formula is C10H20O6. The SMILES string of the molecule is CC(C)(C)O[C@H]1O[C@@H](CO)[C@H](O)[C@@H](O)[C@@H]1O. The third kappa shape index (κ3) is 3.13. The van der Waals surface area contributed by atoms with Crippen molar-refractivity contribution in [1.82, 2.24) is 0 Å². The van der Waals surface area contributed by atoms with E-state index in [1.165, 1.54) is 0 Å². The van der Waals surface area contributed by atoms with Crippen LogP contribution in [-0.2, 0) is 9.47 Å². The standard InChI is InChI=1S/C10H20O6/c1-10(2,3)16-9-8(14)7(13)6(12)5(4-11)15-9/h5-9,11-14H,4H2,1-3H3/t5-,6-,7+,8-,9+/m0/s1. The number of aliphatic hydroxyl groups is 4. The second-order valence-corrected chi connectivity index (χ2v) is 4.93. The van der Waals surface area contributed by atoms with Gasteiger partial charge in [-0.1, -0.05) is 0 Å². The van der Waals surface area contributed by atoms with Crippen LogP contribution in [-0.4, -0.2) is 63.3 Å². The third-order valence-electron chi connectivity index (χ3n) is 2.32. The minimum atomic E-state index is -1.39. The predicted molar refractivity (Wildman–Crippen MR) is 54.6 cm³/mol. The van der Waals surface area contributed by atoms with Gasteiger partial charge in [-0.05, 0) is 20.8 Å². The topological polar surface area (TPSA) is 99.4 Å². The third-order valence-corrected chi connectivity index (χ3v) is 2.32. The predicted octanol–water partition coefficient (Wildman–Crippen LogP) is -1.40. The van der Waals surface area contributed by atoms with Crippen molar-refractivity contribution in [2.24, 2.45) is 0 Å². The fourth-order valence-corrected chi connectivity index (χ4v) is 1.51. The number of hydrogen-bond donors (Lipinski definition) is 4. The van der Waals surface area contributed by atoms with Crippen LogP contribution in [0.3, 0.4) is 0 Å². The van der Waals surface area contributed by atoms with Gasteiger partial charge in [-0.25, -0.2) is 0 Å². The molecule has 0 spiro atoms. The van der Waals surface area contributed by atoms with E-state index in [9.17, 15) is 15.3 Å². The molecule has 5 atom stereocenters. The maximum Gasteiger partial charge on any atom is 0.187 e. The summed E-state index contributed by atoms with van der Waals surface area (Å²) in [4.78, 5) is 0. The Labute approximate surface area is 94.4 Å². The highest BCUT2D eigenvalue weighted by atomic mass is 16.7. The average molecular weight is 236 g/mol. The number of hydrogen-bond acceptors (Lipinski definition) is 6. The van der Waals surface area contributed by atoms with Crippen molar-refractivity contribution >= 4 is 0 Å². The van der Waals surface area contributed by atoms with Crippen LogP contribution in [0.15, 0.2) is 0 Å². The van der Waals surface area contributed by atoms with Crippen molar-refractivity contribution in [3.8, 4) is 0 Å². The second kappa shape index (κ2) is 4.95. The van der Waals surface area contributed by atoms with Crippen molar-refractivity contribution in [2.45, 2.75) is 57.1 Å². The van der Waals surface area contributed by atoms with E-state index in [1.807, 2.05) is 0 Å². The minimum absolute atomic E-state index is 0.449. The summed E-state index contributed by atoms with van der Waals surface area (Å²) in [6.45, 7) is 4.87. The molecule has 6 heteroatoms. The average Bonchev–Trinajstić information content (AvgIpc) is 2.17. The Morgan fingerprint density at radius 1 is 1.06 bits per heavy atom. The van der Waals surface area contributed by atoms with Gasteiger partial charge in [0.1, 0.15) is 24.4 Å². The summed E-state index contributed by atoms with van der Waals surface area (Å²) < 4.78 is 10.6. The molecule has 0 amide bonds. The van der Waals surface area contributed by atoms with Gasteiger partial charge in [-0.2, -0.15) is 0 Å². The molecule has 1 rings (SSSR count). The lowest BCUT2D eigenvalue weighted by Crippen LogP contribution is -2.60. The Bertz CT molecular complexity index is 224. The molecule has 0 aromatic heterocycles. The number of ether oxygens (including phenoxy) is 2. The van der Waals surface area contributed by atoms with Crippen molar-refractivity contribution < 1.29 is 29.9 Å². The highest BCUT2D eigenvalue weighted by Crippen LogP contribution is 2.25. The first-order valence-corrected chi connectivity index (χ1v) is 5.24. The van der Waals surface area contributed by atoms with Crippen LogP contribution in [0, 0.1) is 0 Å².